The average Bonchev–Trinajstić information content (AvgIpc) is 2.88. The molecule has 2 aliphatic rings. The van der Waals surface area contributed by atoms with Gasteiger partial charge in [-0.1, -0.05) is 0 Å². The minimum Gasteiger partial charge on any atom is -0.480 e. The third kappa shape index (κ3) is 3.05. The number of amides is 1. The molecule has 0 saturated carbocycles. The molecule has 0 aliphatic carbocycles. The summed E-state index contributed by atoms with van der Waals surface area (Å²) >= 11 is 0. The number of hydrogen-bond donors (Lipinski definition) is 3. The van der Waals surface area contributed by atoms with Crippen molar-refractivity contribution in [2.45, 2.75) is 36.9 Å². The van der Waals surface area contributed by atoms with Gasteiger partial charge in [0.05, 0.1) is 12.1 Å². The van der Waals surface area contributed by atoms with Gasteiger partial charge in [-0.05, 0) is 6.42 Å². The molecule has 19 heavy (non-hydrogen) atoms. The lowest BCUT2D eigenvalue weighted by Crippen LogP contribution is -2.60. The molecule has 0 radical (unpaired) electrons. The van der Waals surface area contributed by atoms with Crippen molar-refractivity contribution < 1.29 is 24.2 Å². The number of nitrogens with one attached hydrogen (secondary N) is 2. The smallest absolute Gasteiger partial charge is 0.329 e. The van der Waals surface area contributed by atoms with Crippen LogP contribution in [0.5, 0.6) is 0 Å². The topological polar surface area (TPSA) is 96.9 Å². The van der Waals surface area contributed by atoms with Crippen molar-refractivity contribution in [1.29, 1.82) is 0 Å². The summed E-state index contributed by atoms with van der Waals surface area (Å²) in [4.78, 5) is 23.6. The van der Waals surface area contributed by atoms with E-state index in [-0.39, 0.29) is 18.1 Å². The Bertz CT molecular complexity index is 354. The zero-order valence-electron chi connectivity index (χ0n) is 11.0. The van der Waals surface area contributed by atoms with E-state index in [1.165, 1.54) is 0 Å². The Morgan fingerprint density at radius 2 is 2.11 bits per heavy atom. The van der Waals surface area contributed by atoms with Gasteiger partial charge in [0.2, 0.25) is 5.91 Å². The maximum atomic E-state index is 12.2. The van der Waals surface area contributed by atoms with Crippen molar-refractivity contribution in [3.05, 3.63) is 0 Å². The minimum absolute atomic E-state index is 0.00576. The van der Waals surface area contributed by atoms with Gasteiger partial charge in [-0.15, -0.1) is 0 Å². The maximum absolute atomic E-state index is 12.2. The lowest BCUT2D eigenvalue weighted by molar-refractivity contribution is -0.152. The highest BCUT2D eigenvalue weighted by Gasteiger charge is 2.43. The van der Waals surface area contributed by atoms with Crippen LogP contribution in [-0.2, 0) is 19.1 Å². The summed E-state index contributed by atoms with van der Waals surface area (Å²) in [5.41, 5.74) is -1.19. The molecule has 1 amide bonds. The number of carboxylic acids is 1. The zero-order chi connectivity index (χ0) is 13.9. The Morgan fingerprint density at radius 1 is 1.42 bits per heavy atom. The molecular formula is C12H20N2O5. The Balaban J connectivity index is 1.98. The van der Waals surface area contributed by atoms with Gasteiger partial charge in [0.15, 0.2) is 0 Å². The van der Waals surface area contributed by atoms with Crippen LogP contribution in [0.15, 0.2) is 0 Å². The lowest BCUT2D eigenvalue weighted by Gasteiger charge is -2.34. The van der Waals surface area contributed by atoms with Gasteiger partial charge < -0.3 is 25.2 Å². The van der Waals surface area contributed by atoms with Gasteiger partial charge in [0, 0.05) is 39.7 Å². The van der Waals surface area contributed by atoms with Crippen molar-refractivity contribution >= 4 is 11.9 Å². The largest absolute Gasteiger partial charge is 0.480 e. The summed E-state index contributed by atoms with van der Waals surface area (Å²) in [6.07, 6.45) is 1.17. The lowest BCUT2D eigenvalue weighted by atomic mass is 9.89. The number of carbonyl (C=O) groups is 2. The van der Waals surface area contributed by atoms with Crippen molar-refractivity contribution in [2.24, 2.45) is 0 Å². The van der Waals surface area contributed by atoms with Gasteiger partial charge in [0.25, 0.3) is 0 Å². The normalized spacial score (nSPS) is 29.9. The molecule has 2 heterocycles. The average molecular weight is 272 g/mol. The van der Waals surface area contributed by atoms with E-state index in [0.29, 0.717) is 39.0 Å². The number of hydrogen-bond acceptors (Lipinski definition) is 5. The summed E-state index contributed by atoms with van der Waals surface area (Å²) in [6, 6.07) is -0.385. The van der Waals surface area contributed by atoms with E-state index in [0.717, 1.165) is 0 Å². The van der Waals surface area contributed by atoms with E-state index in [1.807, 2.05) is 0 Å². The van der Waals surface area contributed by atoms with Crippen LogP contribution >= 0.6 is 0 Å². The molecule has 0 bridgehead atoms. The van der Waals surface area contributed by atoms with E-state index >= 15 is 0 Å². The zero-order valence-corrected chi connectivity index (χ0v) is 11.0. The standard InChI is InChI=1S/C12H20N2O5/c1-18-8-6-9(13-7-8)10(15)14-12(11(16)17)2-4-19-5-3-12/h8-9,13H,2-7H2,1H3,(H,14,15)(H,16,17). The molecule has 7 heteroatoms. The van der Waals surface area contributed by atoms with Gasteiger partial charge in [0.1, 0.15) is 5.54 Å². The van der Waals surface area contributed by atoms with E-state index < -0.39 is 11.5 Å². The predicted octanol–water partition coefficient (Wildman–Crippen LogP) is -0.887. The fourth-order valence-corrected chi connectivity index (χ4v) is 2.52. The molecular weight excluding hydrogens is 252 g/mol. The van der Waals surface area contributed by atoms with Crippen LogP contribution in [0.4, 0.5) is 0 Å². The quantitative estimate of drug-likeness (QED) is 0.614. The third-order valence-corrected chi connectivity index (χ3v) is 3.86. The molecule has 0 aromatic carbocycles. The molecule has 0 spiro atoms. The molecule has 2 aliphatic heterocycles. The molecule has 7 nitrogen and oxygen atoms in total. The molecule has 0 aromatic heterocycles. The van der Waals surface area contributed by atoms with E-state index in [4.69, 9.17) is 9.47 Å². The first kappa shape index (κ1) is 14.2. The highest BCUT2D eigenvalue weighted by atomic mass is 16.5. The van der Waals surface area contributed by atoms with E-state index in [2.05, 4.69) is 10.6 Å². The summed E-state index contributed by atoms with van der Waals surface area (Å²) in [6.45, 7) is 1.31. The monoisotopic (exact) mass is 272 g/mol. The third-order valence-electron chi connectivity index (χ3n) is 3.86. The molecule has 2 unspecified atom stereocenters. The minimum atomic E-state index is -1.19. The van der Waals surface area contributed by atoms with Crippen molar-refractivity contribution in [3.8, 4) is 0 Å². The Hall–Kier alpha value is -1.18. The second-order valence-electron chi connectivity index (χ2n) is 5.04. The van der Waals surface area contributed by atoms with E-state index in [9.17, 15) is 14.7 Å². The summed E-state index contributed by atoms with van der Waals surface area (Å²) in [5, 5.41) is 15.1. The van der Waals surface area contributed by atoms with Gasteiger partial charge in [-0.25, -0.2) is 4.79 Å². The number of carboxylic acid groups (broad SMARTS) is 1. The number of methoxy groups -OCH3 is 1. The molecule has 2 fully saturated rings. The van der Waals surface area contributed by atoms with Crippen LogP contribution in [0.2, 0.25) is 0 Å². The Labute approximate surface area is 111 Å². The fourth-order valence-electron chi connectivity index (χ4n) is 2.52. The molecule has 2 atom stereocenters. The highest BCUT2D eigenvalue weighted by molar-refractivity contribution is 5.89. The van der Waals surface area contributed by atoms with Crippen LogP contribution in [0.3, 0.4) is 0 Å². The number of ether oxygens (including phenoxy) is 2. The SMILES string of the molecule is COC1CNC(C(=O)NC2(C(=O)O)CCOCC2)C1. The first-order valence-electron chi connectivity index (χ1n) is 6.47. The first-order valence-corrected chi connectivity index (χ1v) is 6.47. The Morgan fingerprint density at radius 3 is 2.63 bits per heavy atom. The van der Waals surface area contributed by atoms with Gasteiger partial charge in [-0.3, -0.25) is 4.79 Å². The maximum Gasteiger partial charge on any atom is 0.329 e. The molecule has 108 valence electrons. The number of carbonyl (C=O) groups excluding carboxylic acids is 1. The number of aliphatic carboxylic acids is 1. The van der Waals surface area contributed by atoms with Crippen LogP contribution in [0, 0.1) is 0 Å². The van der Waals surface area contributed by atoms with Crippen LogP contribution in [-0.4, -0.2) is 61.5 Å². The van der Waals surface area contributed by atoms with Crippen LogP contribution in [0.25, 0.3) is 0 Å². The second-order valence-corrected chi connectivity index (χ2v) is 5.04. The highest BCUT2D eigenvalue weighted by Crippen LogP contribution is 2.22. The summed E-state index contributed by atoms with van der Waals surface area (Å²) < 4.78 is 10.3. The molecule has 3 N–H and O–H groups in total. The molecule has 0 aromatic rings. The van der Waals surface area contributed by atoms with E-state index in [1.54, 1.807) is 7.11 Å². The van der Waals surface area contributed by atoms with Gasteiger partial charge >= 0.3 is 5.97 Å². The first-order chi connectivity index (χ1) is 9.07. The molecule has 2 rings (SSSR count). The summed E-state index contributed by atoms with van der Waals surface area (Å²) in [5.74, 6) is -1.27. The predicted molar refractivity (Wildman–Crippen MR) is 65.8 cm³/mol. The van der Waals surface area contributed by atoms with Crippen molar-refractivity contribution in [1.82, 2.24) is 10.6 Å². The van der Waals surface area contributed by atoms with Crippen molar-refractivity contribution in [2.75, 3.05) is 26.9 Å². The van der Waals surface area contributed by atoms with Crippen molar-refractivity contribution in [3.63, 3.8) is 0 Å². The van der Waals surface area contributed by atoms with Crippen LogP contribution < -0.4 is 10.6 Å². The van der Waals surface area contributed by atoms with Gasteiger partial charge in [-0.2, -0.15) is 0 Å². The summed E-state index contributed by atoms with van der Waals surface area (Å²) in [7, 11) is 1.60. The fraction of sp³-hybridized carbons (Fsp3) is 0.833. The van der Waals surface area contributed by atoms with Crippen LogP contribution in [0.1, 0.15) is 19.3 Å². The molecule has 2 saturated heterocycles. The second kappa shape index (κ2) is 5.85. The number of rotatable bonds is 4. The Kier molecular flexibility index (Phi) is 4.38.